The van der Waals surface area contributed by atoms with Crippen molar-refractivity contribution in [2.75, 3.05) is 64.4 Å². The van der Waals surface area contributed by atoms with Gasteiger partial charge in [0.1, 0.15) is 37.9 Å². The first-order valence-corrected chi connectivity index (χ1v) is 27.2. The summed E-state index contributed by atoms with van der Waals surface area (Å²) in [7, 11) is 0. The number of aromatic nitrogens is 1. The van der Waals surface area contributed by atoms with E-state index in [1.807, 2.05) is 29.3 Å². The Balaban J connectivity index is 1.03. The fraction of sp³-hybridized carbons (Fsp3) is 0.571. The Hall–Kier alpha value is -5.98. The minimum atomic E-state index is -0.535. The standard InChI is InChI=1S/C56H73N3O14S/c1-4-7-8-11-28-59(56-58-47-12-9-10-13-49(47)74-56)57-38-45-37-46(26-27-48(45)73-55(65)44-24-22-42(23-25-44)53(63)71-36-32-67-30-34-69-51(61)6-3)72-54(64)43-20-16-40(17-21-43)39-14-18-41(19-15-39)52(62)70-35-31-66-29-33-68-50(60)5-2/h5-6,9-10,12-13,26-27,37-44H,2-4,7-8,11,14-25,28-36H2,1H3/b57-38+. The minimum Gasteiger partial charge on any atom is -0.463 e. The molecule has 3 saturated carbocycles. The summed E-state index contributed by atoms with van der Waals surface area (Å²) in [4.78, 5) is 80.3. The lowest BCUT2D eigenvalue weighted by Gasteiger charge is -2.36. The summed E-state index contributed by atoms with van der Waals surface area (Å²) in [5.74, 6) is -1.94. The molecule has 17 nitrogen and oxygen atoms in total. The van der Waals surface area contributed by atoms with Crippen molar-refractivity contribution in [2.45, 2.75) is 110 Å². The topological polar surface area (TPSA) is 205 Å². The number of benzene rings is 2. The van der Waals surface area contributed by atoms with Crippen molar-refractivity contribution >= 4 is 68.7 Å². The van der Waals surface area contributed by atoms with Crippen LogP contribution in [0.5, 0.6) is 11.5 Å². The van der Waals surface area contributed by atoms with Crippen molar-refractivity contribution in [3.05, 3.63) is 73.3 Å². The largest absolute Gasteiger partial charge is 0.463 e. The first kappa shape index (κ1) is 57.3. The van der Waals surface area contributed by atoms with Crippen LogP contribution in [0.1, 0.15) is 115 Å². The second kappa shape index (κ2) is 31.0. The van der Waals surface area contributed by atoms with Gasteiger partial charge in [0.05, 0.1) is 66.5 Å². The number of thiazole rings is 1. The summed E-state index contributed by atoms with van der Waals surface area (Å²) in [6, 6.07) is 12.9. The Labute approximate surface area is 438 Å². The third kappa shape index (κ3) is 18.4. The van der Waals surface area contributed by atoms with Gasteiger partial charge < -0.3 is 37.9 Å². The minimum absolute atomic E-state index is 0.0623. The van der Waals surface area contributed by atoms with Crippen molar-refractivity contribution in [1.29, 1.82) is 0 Å². The van der Waals surface area contributed by atoms with E-state index in [1.165, 1.54) is 0 Å². The van der Waals surface area contributed by atoms with E-state index in [-0.39, 0.29) is 94.3 Å². The first-order chi connectivity index (χ1) is 36.0. The molecule has 0 saturated heterocycles. The molecule has 402 valence electrons. The number of unbranched alkanes of at least 4 members (excludes halogenated alkanes) is 3. The van der Waals surface area contributed by atoms with Crippen LogP contribution in [-0.4, -0.2) is 106 Å². The van der Waals surface area contributed by atoms with Crippen molar-refractivity contribution in [1.82, 2.24) is 4.98 Å². The Morgan fingerprint density at radius 1 is 0.608 bits per heavy atom. The number of hydrogen-bond acceptors (Lipinski definition) is 18. The molecule has 0 unspecified atom stereocenters. The molecule has 0 aliphatic heterocycles. The fourth-order valence-electron chi connectivity index (χ4n) is 9.75. The van der Waals surface area contributed by atoms with Crippen LogP contribution in [0.15, 0.2) is 72.9 Å². The van der Waals surface area contributed by atoms with Crippen LogP contribution in [0.2, 0.25) is 0 Å². The Morgan fingerprint density at radius 2 is 1.11 bits per heavy atom. The number of nitrogens with zero attached hydrogens (tertiary/aromatic N) is 3. The summed E-state index contributed by atoms with van der Waals surface area (Å²) in [6.07, 6.45) is 16.4. The molecular formula is C56H73N3O14S. The summed E-state index contributed by atoms with van der Waals surface area (Å²) in [6.45, 7) is 10.6. The van der Waals surface area contributed by atoms with Crippen molar-refractivity contribution < 1.29 is 66.7 Å². The van der Waals surface area contributed by atoms with Gasteiger partial charge in [-0.05, 0) is 126 Å². The predicted molar refractivity (Wildman–Crippen MR) is 279 cm³/mol. The van der Waals surface area contributed by atoms with Gasteiger partial charge in [0.2, 0.25) is 5.13 Å². The quantitative estimate of drug-likeness (QED) is 0.0121. The van der Waals surface area contributed by atoms with Crippen LogP contribution in [0, 0.1) is 35.5 Å². The number of rotatable bonds is 29. The molecular weight excluding hydrogens is 971 g/mol. The molecule has 0 N–H and O–H groups in total. The lowest BCUT2D eigenvalue weighted by molar-refractivity contribution is -0.153. The highest BCUT2D eigenvalue weighted by atomic mass is 32.1. The normalized spacial score (nSPS) is 20.8. The zero-order chi connectivity index (χ0) is 52.5. The van der Waals surface area contributed by atoms with E-state index >= 15 is 0 Å². The Bertz CT molecular complexity index is 2310. The van der Waals surface area contributed by atoms with Gasteiger partial charge in [0.15, 0.2) is 0 Å². The number of fused-ring (bicyclic) bond motifs is 1. The Kier molecular flexibility index (Phi) is 24.0. The van der Waals surface area contributed by atoms with Gasteiger partial charge in [0.25, 0.3) is 0 Å². The number of para-hydroxylation sites is 1. The molecule has 6 rings (SSSR count). The van der Waals surface area contributed by atoms with Crippen molar-refractivity contribution in [3.63, 3.8) is 0 Å². The van der Waals surface area contributed by atoms with Gasteiger partial charge in [-0.3, -0.25) is 19.2 Å². The average molecular weight is 1040 g/mol. The smallest absolute Gasteiger partial charge is 0.330 e. The zero-order valence-electron chi connectivity index (χ0n) is 42.8. The molecule has 18 heteroatoms. The monoisotopic (exact) mass is 1040 g/mol. The van der Waals surface area contributed by atoms with Crippen LogP contribution in [0.25, 0.3) is 10.2 Å². The van der Waals surface area contributed by atoms with Gasteiger partial charge in [0, 0.05) is 24.3 Å². The van der Waals surface area contributed by atoms with Gasteiger partial charge in [-0.25, -0.2) is 19.6 Å². The van der Waals surface area contributed by atoms with Crippen LogP contribution < -0.4 is 14.5 Å². The maximum Gasteiger partial charge on any atom is 0.330 e. The maximum absolute atomic E-state index is 13.8. The van der Waals surface area contributed by atoms with Crippen molar-refractivity contribution in [3.8, 4) is 11.5 Å². The summed E-state index contributed by atoms with van der Waals surface area (Å²) >= 11 is 1.55. The highest BCUT2D eigenvalue weighted by molar-refractivity contribution is 7.22. The molecule has 0 atom stereocenters. The van der Waals surface area contributed by atoms with Gasteiger partial charge in [-0.2, -0.15) is 5.10 Å². The summed E-state index contributed by atoms with van der Waals surface area (Å²) in [5.41, 5.74) is 1.34. The molecule has 2 aromatic carbocycles. The van der Waals surface area contributed by atoms with Crippen LogP contribution >= 0.6 is 11.3 Å². The average Bonchev–Trinajstić information content (AvgIpc) is 3.87. The number of anilines is 1. The summed E-state index contributed by atoms with van der Waals surface area (Å²) in [5, 5.41) is 7.54. The molecule has 0 radical (unpaired) electrons. The second-order valence-corrected chi connectivity index (χ2v) is 20.0. The maximum atomic E-state index is 13.8. The molecule has 3 aliphatic rings. The van der Waals surface area contributed by atoms with Crippen LogP contribution in [0.4, 0.5) is 5.13 Å². The molecule has 3 aliphatic carbocycles. The third-order valence-electron chi connectivity index (χ3n) is 14.0. The van der Waals surface area contributed by atoms with E-state index in [1.54, 1.807) is 35.8 Å². The molecule has 1 aromatic heterocycles. The fourth-order valence-corrected chi connectivity index (χ4v) is 10.7. The van der Waals surface area contributed by atoms with Gasteiger partial charge >= 0.3 is 35.8 Å². The van der Waals surface area contributed by atoms with Gasteiger partial charge in [-0.15, -0.1) is 0 Å². The van der Waals surface area contributed by atoms with E-state index < -0.39 is 23.8 Å². The number of hydrogen-bond donors (Lipinski definition) is 0. The Morgan fingerprint density at radius 3 is 1.64 bits per heavy atom. The molecule has 0 amide bonds. The van der Waals surface area contributed by atoms with E-state index in [9.17, 15) is 28.8 Å². The highest BCUT2D eigenvalue weighted by Gasteiger charge is 2.36. The number of carbonyl (C=O) groups is 6. The number of esters is 6. The number of hydrazone groups is 1. The lowest BCUT2D eigenvalue weighted by atomic mass is 9.69. The van der Waals surface area contributed by atoms with E-state index in [0.29, 0.717) is 68.2 Å². The van der Waals surface area contributed by atoms with Crippen LogP contribution in [0.3, 0.4) is 0 Å². The molecule has 3 fully saturated rings. The molecule has 0 bridgehead atoms. The SMILES string of the molecule is C=CC(=O)OCCOCCOC(=O)C1CCC(C(=O)Oc2ccc(OC(=O)C3CCC(C4CCC(C(=O)OCCOCCOC(=O)C=C)CC4)CC3)cc2/C=N/N(CCCCCC)c2nc3ccccc3s2)CC1. The molecule has 74 heavy (non-hydrogen) atoms. The number of ether oxygens (including phenoxy) is 8. The lowest BCUT2D eigenvalue weighted by Crippen LogP contribution is -2.31. The van der Waals surface area contributed by atoms with Gasteiger partial charge in [-0.1, -0.05) is 62.8 Å². The highest BCUT2D eigenvalue weighted by Crippen LogP contribution is 2.42. The first-order valence-electron chi connectivity index (χ1n) is 26.4. The third-order valence-corrected chi connectivity index (χ3v) is 15.0. The molecule has 0 spiro atoms. The van der Waals surface area contributed by atoms with Crippen molar-refractivity contribution in [2.24, 2.45) is 40.6 Å². The zero-order valence-corrected chi connectivity index (χ0v) is 43.6. The number of carbonyl (C=O) groups excluding carboxylic acids is 6. The summed E-state index contributed by atoms with van der Waals surface area (Å²) < 4.78 is 44.6. The molecule has 3 aromatic rings. The van der Waals surface area contributed by atoms with Crippen LogP contribution in [-0.2, 0) is 57.2 Å². The molecule has 1 heterocycles. The second-order valence-electron chi connectivity index (χ2n) is 19.0. The predicted octanol–water partition coefficient (Wildman–Crippen LogP) is 9.53. The van der Waals surface area contributed by atoms with E-state index in [0.717, 1.165) is 91.7 Å². The van der Waals surface area contributed by atoms with E-state index in [2.05, 4.69) is 20.1 Å². The van der Waals surface area contributed by atoms with E-state index in [4.69, 9.17) is 48.0 Å².